The van der Waals surface area contributed by atoms with Crippen LogP contribution >= 0.6 is 0 Å². The van der Waals surface area contributed by atoms with Crippen LogP contribution in [0.1, 0.15) is 31.5 Å². The van der Waals surface area contributed by atoms with Gasteiger partial charge in [0.2, 0.25) is 5.91 Å². The number of carbonyl (C=O) groups excluding carboxylic acids is 1. The summed E-state index contributed by atoms with van der Waals surface area (Å²) in [7, 11) is 0. The van der Waals surface area contributed by atoms with Gasteiger partial charge in [-0.15, -0.1) is 0 Å². The lowest BCUT2D eigenvalue weighted by Gasteiger charge is -2.39. The van der Waals surface area contributed by atoms with Crippen LogP contribution in [0.4, 0.5) is 0 Å². The second-order valence-corrected chi connectivity index (χ2v) is 6.57. The molecule has 0 spiro atoms. The van der Waals surface area contributed by atoms with Gasteiger partial charge >= 0.3 is 0 Å². The summed E-state index contributed by atoms with van der Waals surface area (Å²) < 4.78 is 13.2. The molecule has 1 amide bonds. The molecule has 1 aromatic rings. The van der Waals surface area contributed by atoms with E-state index in [2.05, 4.69) is 10.3 Å². The Kier molecular flexibility index (Phi) is 5.67. The molecule has 1 N–H and O–H groups in total. The van der Waals surface area contributed by atoms with E-state index in [1.807, 2.05) is 17.7 Å². The third kappa shape index (κ3) is 4.32. The van der Waals surface area contributed by atoms with Gasteiger partial charge in [-0.05, 0) is 32.1 Å². The molecule has 3 rings (SSSR count). The molecule has 1 aromatic heterocycles. The van der Waals surface area contributed by atoms with E-state index in [4.69, 9.17) is 9.47 Å². The van der Waals surface area contributed by atoms with E-state index >= 15 is 0 Å². The van der Waals surface area contributed by atoms with Crippen LogP contribution in [0.25, 0.3) is 0 Å². The minimum Gasteiger partial charge on any atom is -0.381 e. The molecule has 0 bridgehead atoms. The lowest BCUT2D eigenvalue weighted by atomic mass is 9.79. The quantitative estimate of drug-likeness (QED) is 0.893. The van der Waals surface area contributed by atoms with Crippen LogP contribution in [0.5, 0.6) is 0 Å². The number of hydrogen-bond donors (Lipinski definition) is 1. The molecule has 23 heavy (non-hydrogen) atoms. The average Bonchev–Trinajstić information content (AvgIpc) is 2.99. The van der Waals surface area contributed by atoms with Gasteiger partial charge in [0.05, 0.1) is 6.61 Å². The first-order valence-corrected chi connectivity index (χ1v) is 8.66. The van der Waals surface area contributed by atoms with E-state index < -0.39 is 0 Å². The predicted octanol–water partition coefficient (Wildman–Crippen LogP) is 1.53. The number of nitrogens with one attached hydrogen (secondary N) is 1. The third-order valence-corrected chi connectivity index (χ3v) is 5.12. The summed E-state index contributed by atoms with van der Waals surface area (Å²) >= 11 is 0. The van der Waals surface area contributed by atoms with E-state index in [0.717, 1.165) is 51.5 Å². The zero-order valence-electron chi connectivity index (χ0n) is 13.9. The van der Waals surface area contributed by atoms with Crippen molar-refractivity contribution in [2.24, 2.45) is 11.8 Å². The summed E-state index contributed by atoms with van der Waals surface area (Å²) in [4.78, 5) is 16.5. The summed E-state index contributed by atoms with van der Waals surface area (Å²) in [5, 5.41) is 3.25. The fourth-order valence-electron chi connectivity index (χ4n) is 3.69. The molecule has 0 unspecified atom stereocenters. The normalized spacial score (nSPS) is 26.1. The van der Waals surface area contributed by atoms with Crippen molar-refractivity contribution in [1.82, 2.24) is 14.9 Å². The maximum Gasteiger partial charge on any atom is 0.222 e. The smallest absolute Gasteiger partial charge is 0.222 e. The maximum atomic E-state index is 12.3. The lowest BCUT2D eigenvalue weighted by Crippen LogP contribution is -2.49. The number of aryl methyl sites for hydroxylation is 2. The van der Waals surface area contributed by atoms with Crippen molar-refractivity contribution in [3.8, 4) is 0 Å². The van der Waals surface area contributed by atoms with E-state index in [9.17, 15) is 4.79 Å². The molecule has 6 heteroatoms. The monoisotopic (exact) mass is 321 g/mol. The van der Waals surface area contributed by atoms with Crippen molar-refractivity contribution < 1.29 is 14.3 Å². The Morgan fingerprint density at radius 2 is 2.09 bits per heavy atom. The molecule has 128 valence electrons. The fourth-order valence-corrected chi connectivity index (χ4v) is 3.69. The Hall–Kier alpha value is -1.40. The number of amides is 1. The molecule has 0 radical (unpaired) electrons. The van der Waals surface area contributed by atoms with Gasteiger partial charge in [0.25, 0.3) is 0 Å². The maximum absolute atomic E-state index is 12.3. The second-order valence-electron chi connectivity index (χ2n) is 6.57. The standard InChI is InChI=1S/C17H27N3O3/c1-13-18-6-8-20(13)7-2-17(21)19-16-5-11-23-12-15(16)14-3-9-22-10-4-14/h6,8,14-16H,2-5,7,9-12H2,1H3,(H,19,21)/t15-,16-/m0/s1. The highest BCUT2D eigenvalue weighted by Crippen LogP contribution is 2.30. The SMILES string of the molecule is Cc1nccn1CCC(=O)N[C@H]1CCOC[C@H]1C1CCOCC1. The highest BCUT2D eigenvalue weighted by Gasteiger charge is 2.34. The summed E-state index contributed by atoms with van der Waals surface area (Å²) in [5.41, 5.74) is 0. The Labute approximate surface area is 137 Å². The van der Waals surface area contributed by atoms with Gasteiger partial charge < -0.3 is 19.4 Å². The third-order valence-electron chi connectivity index (χ3n) is 5.12. The highest BCUT2D eigenvalue weighted by molar-refractivity contribution is 5.76. The zero-order chi connectivity index (χ0) is 16.1. The van der Waals surface area contributed by atoms with Crippen molar-refractivity contribution in [2.75, 3.05) is 26.4 Å². The van der Waals surface area contributed by atoms with Gasteiger partial charge in [0.15, 0.2) is 0 Å². The molecule has 2 saturated heterocycles. The van der Waals surface area contributed by atoms with Crippen molar-refractivity contribution in [1.29, 1.82) is 0 Å². The van der Waals surface area contributed by atoms with Gasteiger partial charge in [-0.1, -0.05) is 0 Å². The molecule has 3 heterocycles. The van der Waals surface area contributed by atoms with E-state index in [1.54, 1.807) is 6.20 Å². The van der Waals surface area contributed by atoms with Gasteiger partial charge in [0.1, 0.15) is 5.82 Å². The Morgan fingerprint density at radius 3 is 2.83 bits per heavy atom. The number of hydrogen-bond acceptors (Lipinski definition) is 4. The Morgan fingerprint density at radius 1 is 1.30 bits per heavy atom. The number of imidazole rings is 1. The summed E-state index contributed by atoms with van der Waals surface area (Å²) in [6.07, 6.45) is 7.25. The minimum atomic E-state index is 0.127. The highest BCUT2D eigenvalue weighted by atomic mass is 16.5. The van der Waals surface area contributed by atoms with Crippen LogP contribution < -0.4 is 5.32 Å². The lowest BCUT2D eigenvalue weighted by molar-refractivity contribution is -0.124. The first kappa shape index (κ1) is 16.5. The van der Waals surface area contributed by atoms with Crippen molar-refractivity contribution >= 4 is 5.91 Å². The van der Waals surface area contributed by atoms with Crippen LogP contribution in [0.15, 0.2) is 12.4 Å². The molecular weight excluding hydrogens is 294 g/mol. The molecular formula is C17H27N3O3. The van der Waals surface area contributed by atoms with Crippen LogP contribution in [-0.2, 0) is 20.8 Å². The van der Waals surface area contributed by atoms with E-state index in [-0.39, 0.29) is 11.9 Å². The zero-order valence-corrected chi connectivity index (χ0v) is 13.9. The van der Waals surface area contributed by atoms with Crippen LogP contribution in [0, 0.1) is 18.8 Å². The van der Waals surface area contributed by atoms with Crippen molar-refractivity contribution in [3.05, 3.63) is 18.2 Å². The van der Waals surface area contributed by atoms with Crippen LogP contribution in [-0.4, -0.2) is 47.9 Å². The molecule has 0 saturated carbocycles. The first-order valence-electron chi connectivity index (χ1n) is 8.66. The largest absolute Gasteiger partial charge is 0.381 e. The van der Waals surface area contributed by atoms with Gasteiger partial charge in [-0.2, -0.15) is 0 Å². The van der Waals surface area contributed by atoms with Gasteiger partial charge in [0, 0.05) is 57.1 Å². The van der Waals surface area contributed by atoms with E-state index in [1.165, 1.54) is 0 Å². The van der Waals surface area contributed by atoms with E-state index in [0.29, 0.717) is 24.8 Å². The Balaban J connectivity index is 1.51. The van der Waals surface area contributed by atoms with Crippen LogP contribution in [0.3, 0.4) is 0 Å². The van der Waals surface area contributed by atoms with Crippen molar-refractivity contribution in [3.63, 3.8) is 0 Å². The van der Waals surface area contributed by atoms with Gasteiger partial charge in [-0.25, -0.2) is 4.98 Å². The average molecular weight is 321 g/mol. The predicted molar refractivity (Wildman–Crippen MR) is 86.0 cm³/mol. The molecule has 0 aliphatic carbocycles. The summed E-state index contributed by atoms with van der Waals surface area (Å²) in [5.74, 6) is 2.10. The second kappa shape index (κ2) is 7.93. The molecule has 2 fully saturated rings. The number of carbonyl (C=O) groups is 1. The summed E-state index contributed by atoms with van der Waals surface area (Å²) in [6, 6.07) is 0.239. The first-order chi connectivity index (χ1) is 11.2. The number of aromatic nitrogens is 2. The van der Waals surface area contributed by atoms with Crippen molar-refractivity contribution in [2.45, 2.75) is 45.2 Å². The molecule has 2 aliphatic heterocycles. The molecule has 2 atom stereocenters. The number of ether oxygens (including phenoxy) is 2. The Bertz CT molecular complexity index is 511. The molecule has 0 aromatic carbocycles. The fraction of sp³-hybridized carbons (Fsp3) is 0.765. The number of nitrogens with zero attached hydrogens (tertiary/aromatic N) is 2. The summed E-state index contributed by atoms with van der Waals surface area (Å²) in [6.45, 7) is 5.81. The van der Waals surface area contributed by atoms with Gasteiger partial charge in [-0.3, -0.25) is 4.79 Å². The van der Waals surface area contributed by atoms with Crippen LogP contribution in [0.2, 0.25) is 0 Å². The molecule has 6 nitrogen and oxygen atoms in total. The number of rotatable bonds is 5. The minimum absolute atomic E-state index is 0.127. The molecule has 2 aliphatic rings. The topological polar surface area (TPSA) is 65.4 Å².